The molecule has 0 atom stereocenters. The van der Waals surface area contributed by atoms with Gasteiger partial charge in [-0.1, -0.05) is 81.4 Å². The molecule has 0 aliphatic carbocycles. The van der Waals surface area contributed by atoms with E-state index in [1.807, 2.05) is 60.7 Å². The number of hydrogen-bond donors (Lipinski definition) is 1. The maximum atomic E-state index is 12.2. The lowest BCUT2D eigenvalue weighted by Gasteiger charge is -2.43. The van der Waals surface area contributed by atoms with Gasteiger partial charge in [-0.25, -0.2) is 12.8 Å². The van der Waals surface area contributed by atoms with Crippen LogP contribution in [-0.4, -0.2) is 22.9 Å². The monoisotopic (exact) mass is 333 g/mol. The van der Waals surface area contributed by atoms with Crippen molar-refractivity contribution in [1.29, 1.82) is 0 Å². The lowest BCUT2D eigenvalue weighted by molar-refractivity contribution is 0.596. The third kappa shape index (κ3) is 3.32. The topological polar surface area (TPSA) is 46.2 Å². The minimum atomic E-state index is -3.35. The van der Waals surface area contributed by atoms with Crippen molar-refractivity contribution in [3.8, 4) is 0 Å². The second-order valence-corrected chi connectivity index (χ2v) is 13.1. The van der Waals surface area contributed by atoms with Crippen LogP contribution in [0.25, 0.3) is 0 Å². The van der Waals surface area contributed by atoms with E-state index in [2.05, 4.69) is 25.2 Å². The first kappa shape index (κ1) is 16.9. The quantitative estimate of drug-likeness (QED) is 0.871. The van der Waals surface area contributed by atoms with Gasteiger partial charge in [-0.2, -0.15) is 0 Å². The molecule has 1 N–H and O–H groups in total. The molecule has 118 valence electrons. The van der Waals surface area contributed by atoms with Crippen LogP contribution in [0.5, 0.6) is 0 Å². The Kier molecular flexibility index (Phi) is 4.61. The summed E-state index contributed by atoms with van der Waals surface area (Å²) in [5.74, 6) is 0. The molecular formula is C17H23NO2SSi. The molecule has 0 heterocycles. The number of sulfonamides is 1. The third-order valence-corrected chi connectivity index (χ3v) is 11.2. The Hall–Kier alpha value is -1.43. The molecule has 0 spiro atoms. The highest BCUT2D eigenvalue weighted by Gasteiger charge is 2.50. The molecule has 0 fully saturated rings. The molecule has 5 heteroatoms. The standard InChI is InChI=1S/C17H23NO2SSi/c1-17(2,3)22(18-21(4,19)20,15-11-7-5-8-12-15)16-13-9-6-10-14-16/h5-14,18H,1-4H3. The van der Waals surface area contributed by atoms with Crippen LogP contribution in [0, 0.1) is 0 Å². The largest absolute Gasteiger partial charge is 0.228 e. The van der Waals surface area contributed by atoms with E-state index in [4.69, 9.17) is 0 Å². The zero-order valence-corrected chi connectivity index (χ0v) is 15.3. The molecule has 0 saturated carbocycles. The molecule has 2 aromatic rings. The summed E-state index contributed by atoms with van der Waals surface area (Å²) in [5.41, 5.74) is 0. The van der Waals surface area contributed by atoms with Crippen molar-refractivity contribution in [2.45, 2.75) is 25.8 Å². The molecule has 0 aliphatic rings. The summed E-state index contributed by atoms with van der Waals surface area (Å²) < 4.78 is 27.4. The van der Waals surface area contributed by atoms with Gasteiger partial charge >= 0.3 is 0 Å². The molecule has 0 saturated heterocycles. The summed E-state index contributed by atoms with van der Waals surface area (Å²) >= 11 is 0. The Balaban J connectivity index is 2.82. The summed E-state index contributed by atoms with van der Waals surface area (Å²) in [4.78, 5) is 0. The second kappa shape index (κ2) is 5.99. The van der Waals surface area contributed by atoms with Gasteiger partial charge in [0.25, 0.3) is 0 Å². The predicted molar refractivity (Wildman–Crippen MR) is 95.6 cm³/mol. The van der Waals surface area contributed by atoms with Crippen molar-refractivity contribution in [2.75, 3.05) is 6.26 Å². The highest BCUT2D eigenvalue weighted by Crippen LogP contribution is 2.34. The zero-order chi connectivity index (χ0) is 16.4. The highest BCUT2D eigenvalue weighted by atomic mass is 32.2. The Morgan fingerprint density at radius 2 is 1.18 bits per heavy atom. The molecular weight excluding hydrogens is 310 g/mol. The van der Waals surface area contributed by atoms with E-state index < -0.39 is 18.3 Å². The fourth-order valence-corrected chi connectivity index (χ4v) is 10.8. The van der Waals surface area contributed by atoms with E-state index in [0.29, 0.717) is 0 Å². The van der Waals surface area contributed by atoms with E-state index in [0.717, 1.165) is 10.4 Å². The van der Waals surface area contributed by atoms with E-state index in [9.17, 15) is 8.42 Å². The van der Waals surface area contributed by atoms with Gasteiger partial charge in [0.1, 0.15) is 0 Å². The first-order chi connectivity index (χ1) is 10.2. The molecule has 22 heavy (non-hydrogen) atoms. The predicted octanol–water partition coefficient (Wildman–Crippen LogP) is 2.10. The summed E-state index contributed by atoms with van der Waals surface area (Å²) in [7, 11) is -6.07. The average molecular weight is 334 g/mol. The lowest BCUT2D eigenvalue weighted by atomic mass is 10.2. The minimum absolute atomic E-state index is 0.223. The van der Waals surface area contributed by atoms with E-state index in [-0.39, 0.29) is 5.04 Å². The minimum Gasteiger partial charge on any atom is -0.228 e. The van der Waals surface area contributed by atoms with Gasteiger partial charge in [0.05, 0.1) is 6.26 Å². The maximum Gasteiger partial charge on any atom is 0.210 e. The smallest absolute Gasteiger partial charge is 0.210 e. The van der Waals surface area contributed by atoms with Crippen LogP contribution < -0.4 is 14.8 Å². The SMILES string of the molecule is CC(C)(C)[Si](NS(C)(=O)=O)(c1ccccc1)c1ccccc1. The van der Waals surface area contributed by atoms with Gasteiger partial charge in [0.2, 0.25) is 18.3 Å². The zero-order valence-electron chi connectivity index (χ0n) is 13.5. The molecule has 3 nitrogen and oxygen atoms in total. The normalized spacial score (nSPS) is 13.1. The van der Waals surface area contributed by atoms with Crippen molar-refractivity contribution in [3.63, 3.8) is 0 Å². The molecule has 0 unspecified atom stereocenters. The van der Waals surface area contributed by atoms with E-state index >= 15 is 0 Å². The summed E-state index contributed by atoms with van der Waals surface area (Å²) in [6.07, 6.45) is 1.24. The Labute approximate surface area is 134 Å². The number of hydrogen-bond acceptors (Lipinski definition) is 2. The Bertz CT molecular complexity index is 683. The molecule has 0 aromatic heterocycles. The lowest BCUT2D eigenvalue weighted by Crippen LogP contribution is -2.74. The highest BCUT2D eigenvalue weighted by molar-refractivity contribution is 7.90. The third-order valence-electron chi connectivity index (χ3n) is 3.88. The fraction of sp³-hybridized carbons (Fsp3) is 0.294. The van der Waals surface area contributed by atoms with E-state index in [1.165, 1.54) is 6.26 Å². The van der Waals surface area contributed by atoms with Crippen molar-refractivity contribution in [1.82, 2.24) is 4.39 Å². The first-order valence-electron chi connectivity index (χ1n) is 7.27. The van der Waals surface area contributed by atoms with Gasteiger partial charge in [-0.15, -0.1) is 0 Å². The summed E-state index contributed by atoms with van der Waals surface area (Å²) in [6.45, 7) is 6.33. The van der Waals surface area contributed by atoms with Crippen LogP contribution in [0.4, 0.5) is 0 Å². The number of rotatable bonds is 4. The molecule has 0 amide bonds. The maximum absolute atomic E-state index is 12.2. The Morgan fingerprint density at radius 3 is 1.45 bits per heavy atom. The van der Waals surface area contributed by atoms with Gasteiger partial charge in [0, 0.05) is 0 Å². The van der Waals surface area contributed by atoms with Crippen molar-refractivity contribution >= 4 is 28.6 Å². The van der Waals surface area contributed by atoms with Gasteiger partial charge in [-0.05, 0) is 15.4 Å². The van der Waals surface area contributed by atoms with E-state index in [1.54, 1.807) is 0 Å². The van der Waals surface area contributed by atoms with Crippen molar-refractivity contribution in [3.05, 3.63) is 60.7 Å². The molecule has 2 rings (SSSR count). The molecule has 0 radical (unpaired) electrons. The van der Waals surface area contributed by atoms with Gasteiger partial charge in [-0.3, -0.25) is 0 Å². The average Bonchev–Trinajstić information content (AvgIpc) is 2.44. The Morgan fingerprint density at radius 1 is 0.818 bits per heavy atom. The van der Waals surface area contributed by atoms with Crippen molar-refractivity contribution < 1.29 is 8.42 Å². The summed E-state index contributed by atoms with van der Waals surface area (Å²) in [6, 6.07) is 19.9. The first-order valence-corrected chi connectivity index (χ1v) is 11.2. The number of nitrogens with one attached hydrogen (secondary N) is 1. The molecule has 0 bridgehead atoms. The second-order valence-electron chi connectivity index (χ2n) is 6.61. The van der Waals surface area contributed by atoms with Crippen LogP contribution in [0.1, 0.15) is 20.8 Å². The van der Waals surface area contributed by atoms with Gasteiger partial charge in [0.15, 0.2) is 0 Å². The molecule has 0 aliphatic heterocycles. The molecule has 2 aromatic carbocycles. The van der Waals surface area contributed by atoms with Crippen LogP contribution in [0.3, 0.4) is 0 Å². The van der Waals surface area contributed by atoms with Gasteiger partial charge < -0.3 is 0 Å². The summed E-state index contributed by atoms with van der Waals surface area (Å²) in [5, 5.41) is 1.91. The van der Waals surface area contributed by atoms with Crippen LogP contribution in [0.15, 0.2) is 60.7 Å². The van der Waals surface area contributed by atoms with Crippen LogP contribution in [-0.2, 0) is 10.0 Å². The van der Waals surface area contributed by atoms with Crippen LogP contribution in [0.2, 0.25) is 5.04 Å². The van der Waals surface area contributed by atoms with Crippen molar-refractivity contribution in [2.24, 2.45) is 0 Å². The van der Waals surface area contributed by atoms with Crippen LogP contribution >= 0.6 is 0 Å². The number of benzene rings is 2. The fourth-order valence-electron chi connectivity index (χ4n) is 2.96.